The van der Waals surface area contributed by atoms with Crippen LogP contribution in [0.25, 0.3) is 0 Å². The van der Waals surface area contributed by atoms with Crippen molar-refractivity contribution in [2.45, 2.75) is 39.3 Å². The number of carbonyl (C=O) groups is 3. The molecule has 1 aliphatic heterocycles. The highest BCUT2D eigenvalue weighted by Gasteiger charge is 2.32. The third-order valence-corrected chi connectivity index (χ3v) is 2.64. The number of rotatable bonds is 4. The van der Waals surface area contributed by atoms with Gasteiger partial charge in [0.15, 0.2) is 0 Å². The average Bonchev–Trinajstić information content (AvgIpc) is 2.22. The van der Waals surface area contributed by atoms with E-state index in [0.717, 1.165) is 0 Å². The van der Waals surface area contributed by atoms with Gasteiger partial charge in [-0.3, -0.25) is 19.7 Å². The lowest BCUT2D eigenvalue weighted by atomic mass is 10.2. The first-order valence-electron chi connectivity index (χ1n) is 5.78. The van der Waals surface area contributed by atoms with Crippen LogP contribution in [0.3, 0.4) is 0 Å². The van der Waals surface area contributed by atoms with E-state index in [1.807, 2.05) is 13.8 Å². The van der Waals surface area contributed by atoms with Crippen molar-refractivity contribution in [1.29, 1.82) is 0 Å². The van der Waals surface area contributed by atoms with Gasteiger partial charge in [-0.1, -0.05) is 13.8 Å². The van der Waals surface area contributed by atoms with E-state index in [1.165, 1.54) is 4.90 Å². The maximum atomic E-state index is 11.8. The summed E-state index contributed by atoms with van der Waals surface area (Å²) in [5, 5.41) is 5.32. The molecule has 0 aromatic rings. The molecular formula is C11H19N3O3. The molecule has 1 atom stereocenters. The van der Waals surface area contributed by atoms with Gasteiger partial charge in [0.2, 0.25) is 17.7 Å². The van der Waals surface area contributed by atoms with Crippen LogP contribution in [0.2, 0.25) is 0 Å². The van der Waals surface area contributed by atoms with E-state index in [0.29, 0.717) is 19.0 Å². The molecule has 2 N–H and O–H groups in total. The third-order valence-electron chi connectivity index (χ3n) is 2.64. The highest BCUT2D eigenvalue weighted by Crippen LogP contribution is 2.06. The molecule has 6 heteroatoms. The standard InChI is InChI=1S/C11H19N3O3/c1-7(2)12-5-4-10(16)14-6-9(15)13-11(17)8(14)3/h7-8,12H,4-6H2,1-3H3,(H,13,15,17). The van der Waals surface area contributed by atoms with E-state index in [4.69, 9.17) is 0 Å². The Morgan fingerprint density at radius 3 is 2.76 bits per heavy atom. The summed E-state index contributed by atoms with van der Waals surface area (Å²) in [4.78, 5) is 35.7. The van der Waals surface area contributed by atoms with Gasteiger partial charge in [-0.25, -0.2) is 0 Å². The Bertz CT molecular complexity index is 328. The van der Waals surface area contributed by atoms with E-state index in [2.05, 4.69) is 10.6 Å². The Hall–Kier alpha value is -1.43. The summed E-state index contributed by atoms with van der Waals surface area (Å²) >= 11 is 0. The quantitative estimate of drug-likeness (QED) is 0.635. The first kappa shape index (κ1) is 13.6. The predicted molar refractivity (Wildman–Crippen MR) is 62.1 cm³/mol. The SMILES string of the molecule is CC(C)NCCC(=O)N1CC(=O)NC(=O)C1C. The first-order valence-corrected chi connectivity index (χ1v) is 5.78. The van der Waals surface area contributed by atoms with Gasteiger partial charge in [0.1, 0.15) is 12.6 Å². The van der Waals surface area contributed by atoms with Gasteiger partial charge in [0, 0.05) is 19.0 Å². The zero-order chi connectivity index (χ0) is 13.0. The van der Waals surface area contributed by atoms with Crippen molar-refractivity contribution in [2.24, 2.45) is 0 Å². The minimum atomic E-state index is -0.570. The second-order valence-electron chi connectivity index (χ2n) is 4.47. The van der Waals surface area contributed by atoms with Crippen LogP contribution < -0.4 is 10.6 Å². The van der Waals surface area contributed by atoms with Gasteiger partial charge in [-0.15, -0.1) is 0 Å². The number of carbonyl (C=O) groups excluding carboxylic acids is 3. The normalized spacial score (nSPS) is 20.7. The summed E-state index contributed by atoms with van der Waals surface area (Å²) < 4.78 is 0. The van der Waals surface area contributed by atoms with E-state index in [1.54, 1.807) is 6.92 Å². The Balaban J connectivity index is 2.49. The number of nitrogens with zero attached hydrogens (tertiary/aromatic N) is 1. The van der Waals surface area contributed by atoms with Crippen LogP contribution >= 0.6 is 0 Å². The molecule has 17 heavy (non-hydrogen) atoms. The highest BCUT2D eigenvalue weighted by atomic mass is 16.2. The second kappa shape index (κ2) is 5.77. The molecule has 0 radical (unpaired) electrons. The lowest BCUT2D eigenvalue weighted by molar-refractivity contribution is -0.149. The third kappa shape index (κ3) is 3.81. The molecule has 6 nitrogen and oxygen atoms in total. The van der Waals surface area contributed by atoms with Crippen molar-refractivity contribution in [2.75, 3.05) is 13.1 Å². The Morgan fingerprint density at radius 2 is 2.18 bits per heavy atom. The molecule has 0 aromatic carbocycles. The van der Waals surface area contributed by atoms with Gasteiger partial charge >= 0.3 is 0 Å². The number of piperazine rings is 1. The van der Waals surface area contributed by atoms with Crippen LogP contribution in [0.4, 0.5) is 0 Å². The van der Waals surface area contributed by atoms with E-state index in [-0.39, 0.29) is 12.5 Å². The molecule has 1 heterocycles. The highest BCUT2D eigenvalue weighted by molar-refractivity contribution is 6.04. The molecule has 0 bridgehead atoms. The van der Waals surface area contributed by atoms with Gasteiger partial charge in [-0.05, 0) is 6.92 Å². The van der Waals surface area contributed by atoms with Crippen LogP contribution in [-0.2, 0) is 14.4 Å². The molecule has 96 valence electrons. The molecular weight excluding hydrogens is 222 g/mol. The van der Waals surface area contributed by atoms with Crippen LogP contribution in [0.1, 0.15) is 27.2 Å². The summed E-state index contributed by atoms with van der Waals surface area (Å²) in [6, 6.07) is -0.259. The monoisotopic (exact) mass is 241 g/mol. The molecule has 3 amide bonds. The smallest absolute Gasteiger partial charge is 0.249 e. The largest absolute Gasteiger partial charge is 0.322 e. The van der Waals surface area contributed by atoms with Crippen molar-refractivity contribution in [3.05, 3.63) is 0 Å². The zero-order valence-electron chi connectivity index (χ0n) is 10.4. The van der Waals surface area contributed by atoms with Crippen LogP contribution in [0.15, 0.2) is 0 Å². The van der Waals surface area contributed by atoms with Gasteiger partial charge in [0.25, 0.3) is 0 Å². The fraction of sp³-hybridized carbons (Fsp3) is 0.727. The maximum absolute atomic E-state index is 11.8. The van der Waals surface area contributed by atoms with Crippen molar-refractivity contribution in [3.63, 3.8) is 0 Å². The molecule has 0 spiro atoms. The molecule has 1 fully saturated rings. The molecule has 1 unspecified atom stereocenters. The Kier molecular flexibility index (Phi) is 4.62. The van der Waals surface area contributed by atoms with Crippen LogP contribution in [-0.4, -0.2) is 47.8 Å². The maximum Gasteiger partial charge on any atom is 0.249 e. The second-order valence-corrected chi connectivity index (χ2v) is 4.47. The number of hydrogen-bond donors (Lipinski definition) is 2. The number of hydrogen-bond acceptors (Lipinski definition) is 4. The minimum Gasteiger partial charge on any atom is -0.322 e. The fourth-order valence-electron chi connectivity index (χ4n) is 1.63. The van der Waals surface area contributed by atoms with Crippen molar-refractivity contribution in [1.82, 2.24) is 15.5 Å². The van der Waals surface area contributed by atoms with E-state index < -0.39 is 17.9 Å². The van der Waals surface area contributed by atoms with E-state index in [9.17, 15) is 14.4 Å². The molecule has 0 aliphatic carbocycles. The number of nitrogens with one attached hydrogen (secondary N) is 2. The Morgan fingerprint density at radius 1 is 1.53 bits per heavy atom. The first-order chi connectivity index (χ1) is 7.91. The summed E-state index contributed by atoms with van der Waals surface area (Å²) in [7, 11) is 0. The van der Waals surface area contributed by atoms with E-state index >= 15 is 0 Å². The van der Waals surface area contributed by atoms with Crippen molar-refractivity contribution < 1.29 is 14.4 Å². The van der Waals surface area contributed by atoms with Crippen LogP contribution in [0.5, 0.6) is 0 Å². The zero-order valence-corrected chi connectivity index (χ0v) is 10.4. The fourth-order valence-corrected chi connectivity index (χ4v) is 1.63. The molecule has 0 aromatic heterocycles. The molecule has 0 saturated carbocycles. The minimum absolute atomic E-state index is 0.0343. The summed E-state index contributed by atoms with van der Waals surface area (Å²) in [6.45, 7) is 6.12. The summed E-state index contributed by atoms with van der Waals surface area (Å²) in [5.74, 6) is -1.00. The summed E-state index contributed by atoms with van der Waals surface area (Å²) in [5.41, 5.74) is 0. The van der Waals surface area contributed by atoms with Crippen molar-refractivity contribution >= 4 is 17.7 Å². The molecule has 1 aliphatic rings. The lowest BCUT2D eigenvalue weighted by Crippen LogP contribution is -2.58. The molecule has 1 saturated heterocycles. The van der Waals surface area contributed by atoms with Gasteiger partial charge in [0.05, 0.1) is 0 Å². The number of amides is 3. The number of imide groups is 1. The Labute approximate surface area is 101 Å². The lowest BCUT2D eigenvalue weighted by Gasteiger charge is -2.31. The van der Waals surface area contributed by atoms with Crippen molar-refractivity contribution in [3.8, 4) is 0 Å². The predicted octanol–water partition coefficient (Wildman–Crippen LogP) is -0.752. The average molecular weight is 241 g/mol. The van der Waals surface area contributed by atoms with Crippen LogP contribution in [0, 0.1) is 0 Å². The van der Waals surface area contributed by atoms with Gasteiger partial charge < -0.3 is 10.2 Å². The van der Waals surface area contributed by atoms with Gasteiger partial charge in [-0.2, -0.15) is 0 Å². The summed E-state index contributed by atoms with van der Waals surface area (Å²) in [6.07, 6.45) is 0.295. The topological polar surface area (TPSA) is 78.5 Å². The molecule has 1 rings (SSSR count).